The number of halogens is 2. The highest BCUT2D eigenvalue weighted by molar-refractivity contribution is 5.95. The van der Waals surface area contributed by atoms with Crippen LogP contribution in [0.1, 0.15) is 33.5 Å². The number of hydrogen-bond acceptors (Lipinski definition) is 6. The number of aliphatic hydroxyl groups is 1. The fourth-order valence-electron chi connectivity index (χ4n) is 3.52. The number of nitrogens with zero attached hydrogens (tertiary/aromatic N) is 3. The van der Waals surface area contributed by atoms with Gasteiger partial charge in [0.15, 0.2) is 11.4 Å². The maximum absolute atomic E-state index is 14.0. The summed E-state index contributed by atoms with van der Waals surface area (Å²) in [5, 5.41) is 12.6. The Morgan fingerprint density at radius 2 is 1.94 bits per heavy atom. The summed E-state index contributed by atoms with van der Waals surface area (Å²) in [6.45, 7) is 0.937. The minimum Gasteiger partial charge on any atom is -0.495 e. The summed E-state index contributed by atoms with van der Waals surface area (Å²) < 4.78 is 40.2. The zero-order chi connectivity index (χ0) is 24.2. The van der Waals surface area contributed by atoms with E-state index in [4.69, 9.17) is 9.47 Å². The molecule has 34 heavy (non-hydrogen) atoms. The summed E-state index contributed by atoms with van der Waals surface area (Å²) in [4.78, 5) is 21.7. The van der Waals surface area contributed by atoms with E-state index in [0.29, 0.717) is 22.8 Å². The number of aromatic nitrogens is 3. The summed E-state index contributed by atoms with van der Waals surface area (Å²) in [6, 6.07) is 9.38. The molecular formula is C24H22F2N4O4. The second kappa shape index (κ2) is 9.84. The topological polar surface area (TPSA) is 98.0 Å². The van der Waals surface area contributed by atoms with Crippen LogP contribution in [0.4, 0.5) is 8.78 Å². The molecule has 0 spiro atoms. The number of amides is 1. The molecule has 8 nitrogen and oxygen atoms in total. The van der Waals surface area contributed by atoms with Crippen LogP contribution < -0.4 is 14.8 Å². The Kier molecular flexibility index (Phi) is 6.69. The Balaban J connectivity index is 1.59. The molecule has 1 aromatic carbocycles. The van der Waals surface area contributed by atoms with Crippen molar-refractivity contribution in [3.63, 3.8) is 0 Å². The number of methoxy groups -OCH3 is 1. The quantitative estimate of drug-likeness (QED) is 0.412. The first-order valence-electron chi connectivity index (χ1n) is 10.4. The standard InChI is InChI=1S/C24H22F2N4O4/c1-14-22(24(32)29-20(12-31)19-9-8-15(33-2)11-27-19)30-10-4-7-21(23(30)28-14)34-13-16-17(25)5-3-6-18(16)26/h3-11,20,31H,12-13H2,1-2H3,(H,29,32). The van der Waals surface area contributed by atoms with E-state index in [0.717, 1.165) is 12.1 Å². The first-order valence-corrected chi connectivity index (χ1v) is 10.4. The lowest BCUT2D eigenvalue weighted by atomic mass is 10.2. The molecule has 0 radical (unpaired) electrons. The maximum atomic E-state index is 14.0. The highest BCUT2D eigenvalue weighted by atomic mass is 19.1. The summed E-state index contributed by atoms with van der Waals surface area (Å²) in [6.07, 6.45) is 3.12. The van der Waals surface area contributed by atoms with Gasteiger partial charge >= 0.3 is 0 Å². The van der Waals surface area contributed by atoms with Gasteiger partial charge in [-0.25, -0.2) is 13.8 Å². The molecule has 10 heteroatoms. The van der Waals surface area contributed by atoms with Crippen LogP contribution in [-0.4, -0.2) is 39.1 Å². The van der Waals surface area contributed by atoms with Crippen LogP contribution in [0.15, 0.2) is 54.9 Å². The molecule has 0 aliphatic rings. The van der Waals surface area contributed by atoms with Crippen molar-refractivity contribution in [1.29, 1.82) is 0 Å². The predicted molar refractivity (Wildman–Crippen MR) is 119 cm³/mol. The van der Waals surface area contributed by atoms with Crippen molar-refractivity contribution in [3.8, 4) is 11.5 Å². The highest BCUT2D eigenvalue weighted by Crippen LogP contribution is 2.25. The monoisotopic (exact) mass is 468 g/mol. The third-order valence-corrected chi connectivity index (χ3v) is 5.28. The molecule has 0 saturated heterocycles. The van der Waals surface area contributed by atoms with Gasteiger partial charge in [-0.1, -0.05) is 6.07 Å². The molecule has 1 atom stereocenters. The molecule has 176 valence electrons. The number of aryl methyl sites for hydroxylation is 1. The number of hydrogen-bond donors (Lipinski definition) is 2. The fourth-order valence-corrected chi connectivity index (χ4v) is 3.52. The van der Waals surface area contributed by atoms with Crippen molar-refractivity contribution in [2.24, 2.45) is 0 Å². The Bertz CT molecular complexity index is 1300. The summed E-state index contributed by atoms with van der Waals surface area (Å²) >= 11 is 0. The van der Waals surface area contributed by atoms with Crippen LogP contribution in [0.2, 0.25) is 0 Å². The van der Waals surface area contributed by atoms with Crippen molar-refractivity contribution < 1.29 is 28.2 Å². The van der Waals surface area contributed by atoms with Gasteiger partial charge in [0, 0.05) is 6.20 Å². The number of fused-ring (bicyclic) bond motifs is 1. The number of pyridine rings is 2. The van der Waals surface area contributed by atoms with Crippen LogP contribution in [-0.2, 0) is 6.61 Å². The molecule has 3 heterocycles. The largest absolute Gasteiger partial charge is 0.495 e. The van der Waals surface area contributed by atoms with E-state index in [-0.39, 0.29) is 30.2 Å². The smallest absolute Gasteiger partial charge is 0.270 e. The van der Waals surface area contributed by atoms with Gasteiger partial charge in [0.05, 0.1) is 42.9 Å². The van der Waals surface area contributed by atoms with Crippen LogP contribution in [0, 0.1) is 18.6 Å². The minimum atomic E-state index is -0.758. The fraction of sp³-hybridized carbons (Fsp3) is 0.208. The molecule has 2 N–H and O–H groups in total. The zero-order valence-corrected chi connectivity index (χ0v) is 18.5. The van der Waals surface area contributed by atoms with Gasteiger partial charge in [-0.15, -0.1) is 0 Å². The number of benzene rings is 1. The molecule has 0 aliphatic carbocycles. The van der Waals surface area contributed by atoms with Gasteiger partial charge < -0.3 is 19.9 Å². The van der Waals surface area contributed by atoms with E-state index in [1.165, 1.54) is 23.8 Å². The molecule has 1 amide bonds. The van der Waals surface area contributed by atoms with Crippen LogP contribution in [0.25, 0.3) is 5.65 Å². The second-order valence-electron chi connectivity index (χ2n) is 7.43. The van der Waals surface area contributed by atoms with E-state index in [2.05, 4.69) is 15.3 Å². The predicted octanol–water partition coefficient (Wildman–Crippen LogP) is 3.37. The van der Waals surface area contributed by atoms with Gasteiger partial charge in [0.2, 0.25) is 0 Å². The van der Waals surface area contributed by atoms with E-state index >= 15 is 0 Å². The Morgan fingerprint density at radius 1 is 1.18 bits per heavy atom. The first-order chi connectivity index (χ1) is 16.4. The van der Waals surface area contributed by atoms with Gasteiger partial charge in [0.1, 0.15) is 29.7 Å². The van der Waals surface area contributed by atoms with Gasteiger partial charge in [0.25, 0.3) is 5.91 Å². The summed E-state index contributed by atoms with van der Waals surface area (Å²) in [5.74, 6) is -1.11. The van der Waals surface area contributed by atoms with Crippen molar-refractivity contribution >= 4 is 11.6 Å². The Morgan fingerprint density at radius 3 is 2.59 bits per heavy atom. The molecule has 4 aromatic rings. The Hall–Kier alpha value is -4.05. The Labute approximate surface area is 193 Å². The first kappa shape index (κ1) is 23.1. The van der Waals surface area contributed by atoms with Gasteiger partial charge in [-0.2, -0.15) is 0 Å². The summed E-state index contributed by atoms with van der Waals surface area (Å²) in [7, 11) is 1.51. The van der Waals surface area contributed by atoms with Crippen molar-refractivity contribution in [1.82, 2.24) is 19.7 Å². The SMILES string of the molecule is COc1ccc(C(CO)NC(=O)c2c(C)nc3c(OCc4c(F)cccc4F)cccn23)nc1. The molecule has 0 saturated carbocycles. The average molecular weight is 468 g/mol. The van der Waals surface area contributed by atoms with Crippen molar-refractivity contribution in [2.75, 3.05) is 13.7 Å². The number of ether oxygens (including phenoxy) is 2. The molecule has 3 aromatic heterocycles. The van der Waals surface area contributed by atoms with Gasteiger partial charge in [-0.05, 0) is 43.3 Å². The third kappa shape index (κ3) is 4.53. The lowest BCUT2D eigenvalue weighted by Crippen LogP contribution is -2.32. The molecule has 1 unspecified atom stereocenters. The lowest BCUT2D eigenvalue weighted by molar-refractivity contribution is 0.0908. The molecule has 0 bridgehead atoms. The van der Waals surface area contributed by atoms with Crippen LogP contribution >= 0.6 is 0 Å². The third-order valence-electron chi connectivity index (χ3n) is 5.28. The molecular weight excluding hydrogens is 446 g/mol. The second-order valence-corrected chi connectivity index (χ2v) is 7.43. The minimum absolute atomic E-state index is 0.205. The van der Waals surface area contributed by atoms with E-state index in [9.17, 15) is 18.7 Å². The number of carbonyl (C=O) groups excluding carboxylic acids is 1. The number of imidazole rings is 1. The van der Waals surface area contributed by atoms with E-state index in [1.807, 2.05) is 0 Å². The molecule has 4 rings (SSSR count). The summed E-state index contributed by atoms with van der Waals surface area (Å²) in [5.41, 5.74) is 1.20. The van der Waals surface area contributed by atoms with E-state index in [1.54, 1.807) is 37.4 Å². The number of nitrogens with one attached hydrogen (secondary N) is 1. The highest BCUT2D eigenvalue weighted by Gasteiger charge is 2.23. The van der Waals surface area contributed by atoms with Crippen molar-refractivity contribution in [3.05, 3.63) is 89.1 Å². The van der Waals surface area contributed by atoms with Crippen molar-refractivity contribution in [2.45, 2.75) is 19.6 Å². The zero-order valence-electron chi connectivity index (χ0n) is 18.5. The van der Waals surface area contributed by atoms with Crippen LogP contribution in [0.3, 0.4) is 0 Å². The maximum Gasteiger partial charge on any atom is 0.270 e. The lowest BCUT2D eigenvalue weighted by Gasteiger charge is -2.16. The number of carbonyl (C=O) groups is 1. The number of aliphatic hydroxyl groups excluding tert-OH is 1. The molecule has 0 aliphatic heterocycles. The molecule has 0 fully saturated rings. The van der Waals surface area contributed by atoms with E-state index < -0.39 is 23.6 Å². The average Bonchev–Trinajstić information content (AvgIpc) is 3.18. The van der Waals surface area contributed by atoms with Crippen LogP contribution in [0.5, 0.6) is 11.5 Å². The normalized spacial score (nSPS) is 11.9. The number of rotatable bonds is 8. The van der Waals surface area contributed by atoms with Gasteiger partial charge in [-0.3, -0.25) is 14.2 Å².